The first-order chi connectivity index (χ1) is 19.0. The highest BCUT2D eigenvalue weighted by molar-refractivity contribution is 7.89. The number of sulfonamides is 1. The van der Waals surface area contributed by atoms with Crippen molar-refractivity contribution in [1.82, 2.24) is 9.62 Å². The molecule has 1 amide bonds. The minimum Gasteiger partial charge on any atom is -0.443 e. The Morgan fingerprint density at radius 2 is 1.75 bits per heavy atom. The molecule has 0 saturated carbocycles. The van der Waals surface area contributed by atoms with Gasteiger partial charge in [0.1, 0.15) is 6.10 Å². The molecule has 0 aliphatic carbocycles. The van der Waals surface area contributed by atoms with Gasteiger partial charge in [-0.1, -0.05) is 56.3 Å². The maximum absolute atomic E-state index is 13.6. The SMILES string of the molecule is CC(C)CN(C[C@@H](O)[C@H](Cc1ccccc1)NC(=O)O[C@H]1CO[C@H]2OCC[C@H]21)S(=O)(=O)c1ccc([C@@H](C)O)cc1. The molecule has 10 nitrogen and oxygen atoms in total. The summed E-state index contributed by atoms with van der Waals surface area (Å²) in [7, 11) is -3.98. The van der Waals surface area contributed by atoms with Crippen LogP contribution in [0.4, 0.5) is 4.79 Å². The normalized spacial score (nSPS) is 23.1. The van der Waals surface area contributed by atoms with Crippen molar-refractivity contribution in [1.29, 1.82) is 0 Å². The summed E-state index contributed by atoms with van der Waals surface area (Å²) < 4.78 is 45.2. The molecule has 11 heteroatoms. The number of benzene rings is 2. The number of rotatable bonds is 12. The van der Waals surface area contributed by atoms with E-state index >= 15 is 0 Å². The number of nitrogens with one attached hydrogen (secondary N) is 1. The summed E-state index contributed by atoms with van der Waals surface area (Å²) in [4.78, 5) is 13.0. The Hall–Kier alpha value is -2.54. The molecular formula is C29H40N2O8S. The van der Waals surface area contributed by atoms with E-state index in [0.29, 0.717) is 12.2 Å². The van der Waals surface area contributed by atoms with Gasteiger partial charge < -0.3 is 29.7 Å². The van der Waals surface area contributed by atoms with Crippen molar-refractivity contribution in [3.63, 3.8) is 0 Å². The average molecular weight is 577 g/mol. The van der Waals surface area contributed by atoms with Gasteiger partial charge in [-0.15, -0.1) is 0 Å². The second-order valence-corrected chi connectivity index (χ2v) is 12.9. The summed E-state index contributed by atoms with van der Waals surface area (Å²) in [5.41, 5.74) is 1.47. The maximum Gasteiger partial charge on any atom is 0.407 e. The van der Waals surface area contributed by atoms with Gasteiger partial charge in [-0.05, 0) is 48.9 Å². The highest BCUT2D eigenvalue weighted by Crippen LogP contribution is 2.33. The molecule has 0 radical (unpaired) electrons. The minimum atomic E-state index is -3.98. The van der Waals surface area contributed by atoms with E-state index in [9.17, 15) is 23.4 Å². The molecule has 220 valence electrons. The highest BCUT2D eigenvalue weighted by atomic mass is 32.2. The molecule has 2 aliphatic heterocycles. The quantitative estimate of drug-likeness (QED) is 0.351. The van der Waals surface area contributed by atoms with E-state index in [1.807, 2.05) is 44.2 Å². The number of amides is 1. The van der Waals surface area contributed by atoms with Crippen LogP contribution in [-0.4, -0.2) is 79.9 Å². The zero-order valence-corrected chi connectivity index (χ0v) is 24.0. The summed E-state index contributed by atoms with van der Waals surface area (Å²) in [6.45, 7) is 6.12. The van der Waals surface area contributed by atoms with Gasteiger partial charge in [-0.25, -0.2) is 13.2 Å². The van der Waals surface area contributed by atoms with E-state index in [0.717, 1.165) is 12.0 Å². The fraction of sp³-hybridized carbons (Fsp3) is 0.552. The van der Waals surface area contributed by atoms with E-state index in [2.05, 4.69) is 5.32 Å². The molecule has 2 saturated heterocycles. The molecule has 0 bridgehead atoms. The molecule has 2 aliphatic rings. The van der Waals surface area contributed by atoms with Crippen LogP contribution in [0.3, 0.4) is 0 Å². The molecule has 2 aromatic rings. The molecule has 3 N–H and O–H groups in total. The van der Waals surface area contributed by atoms with Crippen molar-refractivity contribution in [2.45, 2.75) is 69.2 Å². The number of nitrogens with zero attached hydrogens (tertiary/aromatic N) is 1. The van der Waals surface area contributed by atoms with Crippen LogP contribution in [0.2, 0.25) is 0 Å². The van der Waals surface area contributed by atoms with E-state index in [1.54, 1.807) is 19.1 Å². The van der Waals surface area contributed by atoms with Gasteiger partial charge in [-0.3, -0.25) is 0 Å². The summed E-state index contributed by atoms with van der Waals surface area (Å²) in [6.07, 6.45) is -2.48. The third-order valence-corrected chi connectivity index (χ3v) is 9.12. The largest absolute Gasteiger partial charge is 0.443 e. The van der Waals surface area contributed by atoms with Gasteiger partial charge in [0, 0.05) is 13.1 Å². The molecule has 0 aromatic heterocycles. The Morgan fingerprint density at radius 3 is 2.40 bits per heavy atom. The number of fused-ring (bicyclic) bond motifs is 1. The lowest BCUT2D eigenvalue weighted by Gasteiger charge is -2.31. The lowest BCUT2D eigenvalue weighted by Crippen LogP contribution is -2.51. The molecule has 6 atom stereocenters. The molecule has 0 unspecified atom stereocenters. The number of aliphatic hydroxyl groups is 2. The first-order valence-corrected chi connectivity index (χ1v) is 15.2. The maximum atomic E-state index is 13.6. The number of carbonyl (C=O) groups excluding carboxylic acids is 1. The van der Waals surface area contributed by atoms with Gasteiger partial charge in [0.05, 0.1) is 42.3 Å². The molecule has 4 rings (SSSR count). The monoisotopic (exact) mass is 576 g/mol. The number of hydrogen-bond acceptors (Lipinski definition) is 8. The van der Waals surface area contributed by atoms with E-state index in [1.165, 1.54) is 16.4 Å². The zero-order valence-electron chi connectivity index (χ0n) is 23.2. The third kappa shape index (κ3) is 7.59. The lowest BCUT2D eigenvalue weighted by molar-refractivity contribution is -0.0907. The first-order valence-electron chi connectivity index (χ1n) is 13.7. The summed E-state index contributed by atoms with van der Waals surface area (Å²) >= 11 is 0. The second kappa shape index (κ2) is 13.4. The van der Waals surface area contributed by atoms with Crippen LogP contribution in [-0.2, 0) is 30.7 Å². The van der Waals surface area contributed by atoms with Crippen LogP contribution in [0.15, 0.2) is 59.5 Å². The van der Waals surface area contributed by atoms with Gasteiger partial charge in [-0.2, -0.15) is 4.31 Å². The van der Waals surface area contributed by atoms with Crippen LogP contribution in [0.25, 0.3) is 0 Å². The van der Waals surface area contributed by atoms with E-state index in [-0.39, 0.29) is 49.1 Å². The number of ether oxygens (including phenoxy) is 3. The Morgan fingerprint density at radius 1 is 1.05 bits per heavy atom. The highest BCUT2D eigenvalue weighted by Gasteiger charge is 2.44. The predicted octanol–water partition coefficient (Wildman–Crippen LogP) is 2.85. The van der Waals surface area contributed by atoms with Crippen molar-refractivity contribution in [2.24, 2.45) is 11.8 Å². The Kier molecular flexibility index (Phi) is 10.2. The van der Waals surface area contributed by atoms with Crippen LogP contribution < -0.4 is 5.32 Å². The summed E-state index contributed by atoms with van der Waals surface area (Å²) in [6, 6.07) is 14.6. The Labute approximate surface area is 236 Å². The van der Waals surface area contributed by atoms with Gasteiger partial charge in [0.15, 0.2) is 6.29 Å². The van der Waals surface area contributed by atoms with Crippen molar-refractivity contribution < 1.29 is 37.6 Å². The van der Waals surface area contributed by atoms with Crippen LogP contribution in [0.1, 0.15) is 44.4 Å². The standard InChI is InChI=1S/C29H40N2O8S/c1-19(2)16-31(40(35,36)23-11-9-22(10-12-23)20(3)32)17-26(33)25(15-21-7-5-4-6-8-21)30-29(34)39-27-18-38-28-24(27)13-14-37-28/h4-12,19-20,24-28,32-33H,13-18H2,1-3H3,(H,30,34)/t20-,24+,25+,26-,27+,28-/m1/s1. The fourth-order valence-corrected chi connectivity index (χ4v) is 6.72. The third-order valence-electron chi connectivity index (χ3n) is 7.27. The van der Waals surface area contributed by atoms with Gasteiger partial charge >= 0.3 is 6.09 Å². The van der Waals surface area contributed by atoms with Gasteiger partial charge in [0.2, 0.25) is 10.0 Å². The molecule has 2 fully saturated rings. The average Bonchev–Trinajstić information content (AvgIpc) is 3.53. The van der Waals surface area contributed by atoms with Gasteiger partial charge in [0.25, 0.3) is 0 Å². The number of carbonyl (C=O) groups is 1. The molecule has 0 spiro atoms. The minimum absolute atomic E-state index is 0.0202. The van der Waals surface area contributed by atoms with Crippen LogP contribution in [0.5, 0.6) is 0 Å². The Balaban J connectivity index is 1.51. The number of hydrogen-bond donors (Lipinski definition) is 3. The van der Waals surface area contributed by atoms with E-state index in [4.69, 9.17) is 14.2 Å². The van der Waals surface area contributed by atoms with Crippen LogP contribution in [0, 0.1) is 11.8 Å². The number of aliphatic hydroxyl groups excluding tert-OH is 2. The smallest absolute Gasteiger partial charge is 0.407 e. The molecule has 40 heavy (non-hydrogen) atoms. The fourth-order valence-electron chi connectivity index (χ4n) is 5.10. The zero-order chi connectivity index (χ0) is 28.9. The first kappa shape index (κ1) is 30.4. The summed E-state index contributed by atoms with van der Waals surface area (Å²) in [5.74, 6) is -0.0525. The lowest BCUT2D eigenvalue weighted by atomic mass is 10.0. The molecular weight excluding hydrogens is 536 g/mol. The Bertz CT molecular complexity index is 1210. The molecule has 2 aromatic carbocycles. The molecule has 2 heterocycles. The number of alkyl carbamates (subject to hydrolysis) is 1. The van der Waals surface area contributed by atoms with Crippen LogP contribution >= 0.6 is 0 Å². The van der Waals surface area contributed by atoms with E-state index < -0.39 is 40.5 Å². The van der Waals surface area contributed by atoms with Crippen molar-refractivity contribution in [3.05, 3.63) is 65.7 Å². The van der Waals surface area contributed by atoms with Crippen molar-refractivity contribution in [2.75, 3.05) is 26.3 Å². The van der Waals surface area contributed by atoms with Crippen molar-refractivity contribution >= 4 is 16.1 Å². The second-order valence-electron chi connectivity index (χ2n) is 10.9. The topological polar surface area (TPSA) is 135 Å². The predicted molar refractivity (Wildman–Crippen MR) is 148 cm³/mol. The van der Waals surface area contributed by atoms with Crippen molar-refractivity contribution in [3.8, 4) is 0 Å². The summed E-state index contributed by atoms with van der Waals surface area (Å²) in [5, 5.41) is 24.0.